The van der Waals surface area contributed by atoms with Crippen LogP contribution in [0.3, 0.4) is 0 Å². The predicted molar refractivity (Wildman–Crippen MR) is 76.0 cm³/mol. The van der Waals surface area contributed by atoms with Crippen molar-refractivity contribution in [2.24, 2.45) is 11.1 Å². The fourth-order valence-corrected chi connectivity index (χ4v) is 2.66. The maximum atomic E-state index is 12.0. The highest BCUT2D eigenvalue weighted by Crippen LogP contribution is 2.26. The highest BCUT2D eigenvalue weighted by Gasteiger charge is 2.18. The highest BCUT2D eigenvalue weighted by molar-refractivity contribution is 8.14. The lowest BCUT2D eigenvalue weighted by atomic mass is 10.2. The monoisotopic (exact) mass is 316 g/mol. The fraction of sp³-hybridized carbons (Fsp3) is 0.333. The fourth-order valence-electron chi connectivity index (χ4n) is 1.34. The van der Waals surface area contributed by atoms with E-state index in [1.54, 1.807) is 13.2 Å². The number of carbonyl (C=O) groups excluding carboxylic acids is 2. The summed E-state index contributed by atoms with van der Waals surface area (Å²) in [6, 6.07) is 3.79. The van der Waals surface area contributed by atoms with Crippen molar-refractivity contribution in [1.29, 1.82) is 0 Å². The Balaban J connectivity index is 3.08. The second-order valence-electron chi connectivity index (χ2n) is 4.02. The van der Waals surface area contributed by atoms with Gasteiger partial charge in [-0.05, 0) is 18.2 Å². The number of thioether (sulfide) groups is 1. The van der Waals surface area contributed by atoms with Crippen molar-refractivity contribution in [3.8, 4) is 5.75 Å². The van der Waals surface area contributed by atoms with Crippen LogP contribution in [-0.4, -0.2) is 32.7 Å². The van der Waals surface area contributed by atoms with Gasteiger partial charge in [-0.1, -0.05) is 18.7 Å². The van der Waals surface area contributed by atoms with E-state index in [4.69, 9.17) is 9.88 Å². The lowest BCUT2D eigenvalue weighted by Crippen LogP contribution is -2.13. The van der Waals surface area contributed by atoms with Crippen LogP contribution in [0.2, 0.25) is 0 Å². The topological polar surface area (TPSA) is 104 Å². The SMILES string of the molecule is COc1ccc(S(N)(=O)=O)cc1C(=O)SC[C@@H](C)[C]=O. The van der Waals surface area contributed by atoms with Gasteiger partial charge in [0.1, 0.15) is 5.75 Å². The van der Waals surface area contributed by atoms with E-state index < -0.39 is 21.1 Å². The molecule has 1 atom stereocenters. The molecule has 0 aliphatic rings. The van der Waals surface area contributed by atoms with E-state index in [9.17, 15) is 18.0 Å². The number of benzene rings is 1. The molecule has 0 heterocycles. The molecule has 20 heavy (non-hydrogen) atoms. The molecule has 0 amide bonds. The summed E-state index contributed by atoms with van der Waals surface area (Å²) in [6.07, 6.45) is 1.77. The largest absolute Gasteiger partial charge is 0.496 e. The van der Waals surface area contributed by atoms with Crippen LogP contribution < -0.4 is 9.88 Å². The molecule has 6 nitrogen and oxygen atoms in total. The van der Waals surface area contributed by atoms with Gasteiger partial charge in [-0.3, -0.25) is 9.59 Å². The maximum absolute atomic E-state index is 12.0. The molecule has 0 saturated carbocycles. The van der Waals surface area contributed by atoms with E-state index >= 15 is 0 Å². The van der Waals surface area contributed by atoms with Crippen molar-refractivity contribution in [2.45, 2.75) is 11.8 Å². The Morgan fingerprint density at radius 1 is 1.50 bits per heavy atom. The zero-order valence-electron chi connectivity index (χ0n) is 11.0. The molecule has 0 fully saturated rings. The quantitative estimate of drug-likeness (QED) is 0.838. The third-order valence-electron chi connectivity index (χ3n) is 2.39. The first-order chi connectivity index (χ1) is 9.29. The van der Waals surface area contributed by atoms with Crippen LogP contribution in [0.25, 0.3) is 0 Å². The number of carbonyl (C=O) groups is 1. The van der Waals surface area contributed by atoms with Gasteiger partial charge in [0, 0.05) is 11.7 Å². The number of rotatable bonds is 6. The summed E-state index contributed by atoms with van der Waals surface area (Å²) in [5.41, 5.74) is 0.0992. The molecule has 1 aromatic rings. The van der Waals surface area contributed by atoms with Crippen LogP contribution in [0, 0.1) is 5.92 Å². The molecular weight excluding hydrogens is 302 g/mol. The van der Waals surface area contributed by atoms with Crippen LogP contribution in [-0.2, 0) is 14.8 Å². The third-order valence-corrected chi connectivity index (χ3v) is 4.44. The normalized spacial score (nSPS) is 12.8. The Labute approximate surface area is 121 Å². The smallest absolute Gasteiger partial charge is 0.238 e. The molecular formula is C12H14NO5S2. The molecule has 0 aromatic heterocycles. The average Bonchev–Trinajstić information content (AvgIpc) is 2.42. The van der Waals surface area contributed by atoms with Crippen molar-refractivity contribution >= 4 is 33.2 Å². The van der Waals surface area contributed by atoms with Gasteiger partial charge in [0.25, 0.3) is 0 Å². The molecule has 0 aliphatic heterocycles. The lowest BCUT2D eigenvalue weighted by Gasteiger charge is -2.09. The van der Waals surface area contributed by atoms with Crippen LogP contribution in [0.15, 0.2) is 23.1 Å². The van der Waals surface area contributed by atoms with Crippen LogP contribution in [0.4, 0.5) is 0 Å². The molecule has 0 bridgehead atoms. The number of methoxy groups -OCH3 is 1. The predicted octanol–water partition coefficient (Wildman–Crippen LogP) is 0.962. The number of hydrogen-bond donors (Lipinski definition) is 1. The van der Waals surface area contributed by atoms with Crippen LogP contribution in [0.1, 0.15) is 17.3 Å². The summed E-state index contributed by atoms with van der Waals surface area (Å²) < 4.78 is 27.6. The summed E-state index contributed by atoms with van der Waals surface area (Å²) in [6.45, 7) is 1.63. The van der Waals surface area contributed by atoms with Crippen LogP contribution in [0.5, 0.6) is 5.75 Å². The minimum absolute atomic E-state index is 0.0992. The number of nitrogens with two attached hydrogens (primary N) is 1. The zero-order valence-corrected chi connectivity index (χ0v) is 12.6. The Bertz CT molecular complexity index is 612. The number of sulfonamides is 1. The van der Waals surface area contributed by atoms with Gasteiger partial charge in [0.15, 0.2) is 0 Å². The summed E-state index contributed by atoms with van der Waals surface area (Å²) in [5, 5.41) is 4.63. The van der Waals surface area contributed by atoms with Crippen molar-refractivity contribution in [1.82, 2.24) is 0 Å². The van der Waals surface area contributed by atoms with E-state index in [0.717, 1.165) is 11.8 Å². The zero-order chi connectivity index (χ0) is 15.3. The molecule has 2 N–H and O–H groups in total. The van der Waals surface area contributed by atoms with Gasteiger partial charge in [0.05, 0.1) is 17.6 Å². The standard InChI is InChI=1S/C12H14NO5S2/c1-8(6-14)7-19-12(15)10-5-9(20(13,16)17)3-4-11(10)18-2/h3-5,8H,7H2,1-2H3,(H2,13,16,17)/t8-/m0/s1. The van der Waals surface area contributed by atoms with Gasteiger partial charge in [0.2, 0.25) is 21.4 Å². The van der Waals surface area contributed by atoms with Crippen molar-refractivity contribution < 1.29 is 22.7 Å². The third kappa shape index (κ3) is 4.32. The number of primary sulfonamides is 1. The van der Waals surface area contributed by atoms with E-state index in [2.05, 4.69) is 0 Å². The Morgan fingerprint density at radius 2 is 2.15 bits per heavy atom. The van der Waals surface area contributed by atoms with E-state index in [1.807, 2.05) is 0 Å². The first-order valence-electron chi connectivity index (χ1n) is 5.55. The molecule has 8 heteroatoms. The van der Waals surface area contributed by atoms with E-state index in [-0.39, 0.29) is 22.0 Å². The van der Waals surface area contributed by atoms with Crippen molar-refractivity contribution in [3.63, 3.8) is 0 Å². The van der Waals surface area contributed by atoms with E-state index in [1.165, 1.54) is 25.3 Å². The minimum Gasteiger partial charge on any atom is -0.496 e. The molecule has 0 unspecified atom stereocenters. The molecule has 1 radical (unpaired) electrons. The molecule has 0 spiro atoms. The second kappa shape index (κ2) is 6.87. The molecule has 0 aliphatic carbocycles. The van der Waals surface area contributed by atoms with E-state index in [0.29, 0.717) is 0 Å². The molecule has 1 rings (SSSR count). The maximum Gasteiger partial charge on any atom is 0.238 e. The molecule has 1 aromatic carbocycles. The molecule has 109 valence electrons. The Hall–Kier alpha value is -1.38. The van der Waals surface area contributed by atoms with Crippen LogP contribution >= 0.6 is 11.8 Å². The van der Waals surface area contributed by atoms with Crippen molar-refractivity contribution in [2.75, 3.05) is 12.9 Å². The lowest BCUT2D eigenvalue weighted by molar-refractivity contribution is 0.108. The first-order valence-corrected chi connectivity index (χ1v) is 8.08. The summed E-state index contributed by atoms with van der Waals surface area (Å²) in [5.74, 6) is 0.111. The Kier molecular flexibility index (Phi) is 5.73. The van der Waals surface area contributed by atoms with Gasteiger partial charge in [-0.25, -0.2) is 13.6 Å². The van der Waals surface area contributed by atoms with Gasteiger partial charge < -0.3 is 4.74 Å². The van der Waals surface area contributed by atoms with Gasteiger partial charge >= 0.3 is 0 Å². The summed E-state index contributed by atoms with van der Waals surface area (Å²) >= 11 is 0.894. The summed E-state index contributed by atoms with van der Waals surface area (Å²) in [4.78, 5) is 22.3. The number of hydrogen-bond acceptors (Lipinski definition) is 6. The molecule has 0 saturated heterocycles. The number of ether oxygens (including phenoxy) is 1. The Morgan fingerprint density at radius 3 is 2.65 bits per heavy atom. The average molecular weight is 316 g/mol. The van der Waals surface area contributed by atoms with Crippen molar-refractivity contribution in [3.05, 3.63) is 23.8 Å². The summed E-state index contributed by atoms with van der Waals surface area (Å²) in [7, 11) is -2.53. The van der Waals surface area contributed by atoms with Gasteiger partial charge in [-0.2, -0.15) is 0 Å². The second-order valence-corrected chi connectivity index (χ2v) is 6.58. The highest BCUT2D eigenvalue weighted by atomic mass is 32.2. The first kappa shape index (κ1) is 16.7. The van der Waals surface area contributed by atoms with Gasteiger partial charge in [-0.15, -0.1) is 0 Å². The minimum atomic E-state index is -3.90.